The molecule has 2 heterocycles. The van der Waals surface area contributed by atoms with E-state index in [4.69, 9.17) is 20.8 Å². The molecule has 0 radical (unpaired) electrons. The number of ether oxygens (including phenoxy) is 1. The van der Waals surface area contributed by atoms with E-state index in [9.17, 15) is 4.79 Å². The third kappa shape index (κ3) is 5.38. The molecule has 168 valence electrons. The predicted octanol–water partition coefficient (Wildman–Crippen LogP) is 5.67. The van der Waals surface area contributed by atoms with Gasteiger partial charge in [-0.1, -0.05) is 53.7 Å². The van der Waals surface area contributed by atoms with Crippen LogP contribution in [-0.2, 0) is 11.2 Å². The van der Waals surface area contributed by atoms with Crippen LogP contribution in [0.2, 0.25) is 5.02 Å². The molecule has 3 aromatic rings. The van der Waals surface area contributed by atoms with Gasteiger partial charge in [0, 0.05) is 12.1 Å². The third-order valence-electron chi connectivity index (χ3n) is 5.01. The SMILES string of the molecule is C=CCN1C(=O)[C@@H](Cc2ccc(OC)cc2)S/C1=N\N=C/c1ccc(-c2ccccc2Cl)o1. The third-order valence-corrected chi connectivity index (χ3v) is 6.50. The second kappa shape index (κ2) is 10.6. The zero-order chi connectivity index (χ0) is 23.2. The minimum absolute atomic E-state index is 0.0105. The predicted molar refractivity (Wildman–Crippen MR) is 134 cm³/mol. The number of amides is 1. The Labute approximate surface area is 201 Å². The van der Waals surface area contributed by atoms with Gasteiger partial charge in [-0.05, 0) is 48.4 Å². The fraction of sp³-hybridized carbons (Fsp3) is 0.160. The molecule has 1 aliphatic rings. The molecular formula is C25H22ClN3O3S. The summed E-state index contributed by atoms with van der Waals surface area (Å²) in [6.07, 6.45) is 3.78. The molecule has 0 unspecified atom stereocenters. The maximum atomic E-state index is 12.9. The number of carbonyl (C=O) groups excluding carboxylic acids is 1. The van der Waals surface area contributed by atoms with Gasteiger partial charge in [0.05, 0.1) is 23.6 Å². The van der Waals surface area contributed by atoms with E-state index >= 15 is 0 Å². The van der Waals surface area contributed by atoms with Gasteiger partial charge in [0.2, 0.25) is 5.91 Å². The number of amidine groups is 1. The molecule has 6 nitrogen and oxygen atoms in total. The molecule has 1 fully saturated rings. The van der Waals surface area contributed by atoms with Gasteiger partial charge < -0.3 is 9.15 Å². The van der Waals surface area contributed by atoms with Crippen molar-refractivity contribution in [1.29, 1.82) is 0 Å². The molecule has 8 heteroatoms. The smallest absolute Gasteiger partial charge is 0.242 e. The van der Waals surface area contributed by atoms with Gasteiger partial charge >= 0.3 is 0 Å². The lowest BCUT2D eigenvalue weighted by atomic mass is 10.1. The van der Waals surface area contributed by atoms with E-state index in [-0.39, 0.29) is 11.2 Å². The molecule has 4 rings (SSSR count). The zero-order valence-electron chi connectivity index (χ0n) is 18.0. The van der Waals surface area contributed by atoms with E-state index in [2.05, 4.69) is 16.8 Å². The first kappa shape index (κ1) is 22.9. The number of benzene rings is 2. The number of thioether (sulfide) groups is 1. The first-order valence-electron chi connectivity index (χ1n) is 10.3. The van der Waals surface area contributed by atoms with Crippen LogP contribution in [0.3, 0.4) is 0 Å². The molecule has 0 aliphatic carbocycles. The summed E-state index contributed by atoms with van der Waals surface area (Å²) >= 11 is 7.63. The highest BCUT2D eigenvalue weighted by Gasteiger charge is 2.37. The number of hydrogen-bond donors (Lipinski definition) is 0. The van der Waals surface area contributed by atoms with E-state index in [1.807, 2.05) is 54.6 Å². The molecule has 1 aromatic heterocycles. The van der Waals surface area contributed by atoms with E-state index < -0.39 is 0 Å². The zero-order valence-corrected chi connectivity index (χ0v) is 19.6. The number of hydrogen-bond acceptors (Lipinski definition) is 6. The molecular weight excluding hydrogens is 458 g/mol. The Bertz CT molecular complexity index is 1200. The van der Waals surface area contributed by atoms with Crippen molar-refractivity contribution in [2.75, 3.05) is 13.7 Å². The first-order valence-corrected chi connectivity index (χ1v) is 11.5. The largest absolute Gasteiger partial charge is 0.497 e. The van der Waals surface area contributed by atoms with Crippen molar-refractivity contribution in [2.24, 2.45) is 10.2 Å². The average Bonchev–Trinajstić information content (AvgIpc) is 3.41. The maximum absolute atomic E-state index is 12.9. The highest BCUT2D eigenvalue weighted by atomic mass is 35.5. The fourth-order valence-corrected chi connectivity index (χ4v) is 4.73. The second-order valence-corrected chi connectivity index (χ2v) is 8.78. The van der Waals surface area contributed by atoms with Crippen LogP contribution in [0.15, 0.2) is 87.9 Å². The lowest BCUT2D eigenvalue weighted by Crippen LogP contribution is -2.32. The Balaban J connectivity index is 1.47. The molecule has 0 saturated carbocycles. The summed E-state index contributed by atoms with van der Waals surface area (Å²) in [6.45, 7) is 4.12. The van der Waals surface area contributed by atoms with Crippen molar-refractivity contribution in [3.05, 3.63) is 89.7 Å². The summed E-state index contributed by atoms with van der Waals surface area (Å²) in [5, 5.41) is 9.31. The van der Waals surface area contributed by atoms with Crippen molar-refractivity contribution >= 4 is 40.7 Å². The summed E-state index contributed by atoms with van der Waals surface area (Å²) in [7, 11) is 1.63. The van der Waals surface area contributed by atoms with Gasteiger partial charge in [-0.25, -0.2) is 0 Å². The molecule has 1 saturated heterocycles. The van der Waals surface area contributed by atoms with Crippen molar-refractivity contribution in [3.8, 4) is 17.1 Å². The Morgan fingerprint density at radius 3 is 2.70 bits per heavy atom. The van der Waals surface area contributed by atoms with Crippen LogP contribution >= 0.6 is 23.4 Å². The van der Waals surface area contributed by atoms with Crippen LogP contribution in [0.1, 0.15) is 11.3 Å². The molecule has 1 amide bonds. The Morgan fingerprint density at radius 2 is 1.97 bits per heavy atom. The van der Waals surface area contributed by atoms with Crippen molar-refractivity contribution in [3.63, 3.8) is 0 Å². The van der Waals surface area contributed by atoms with Crippen LogP contribution in [0, 0.1) is 0 Å². The van der Waals surface area contributed by atoms with Crippen LogP contribution < -0.4 is 4.74 Å². The molecule has 33 heavy (non-hydrogen) atoms. The van der Waals surface area contributed by atoms with Gasteiger partial charge in [-0.15, -0.1) is 11.7 Å². The maximum Gasteiger partial charge on any atom is 0.242 e. The van der Waals surface area contributed by atoms with Crippen LogP contribution in [0.25, 0.3) is 11.3 Å². The highest BCUT2D eigenvalue weighted by Crippen LogP contribution is 2.31. The fourth-order valence-electron chi connectivity index (χ4n) is 3.35. The lowest BCUT2D eigenvalue weighted by Gasteiger charge is -2.12. The lowest BCUT2D eigenvalue weighted by molar-refractivity contribution is -0.125. The number of rotatable bonds is 8. The van der Waals surface area contributed by atoms with Gasteiger partial charge in [-0.3, -0.25) is 9.69 Å². The van der Waals surface area contributed by atoms with Crippen LogP contribution in [0.4, 0.5) is 0 Å². The Morgan fingerprint density at radius 1 is 1.18 bits per heavy atom. The number of furan rings is 1. The quantitative estimate of drug-likeness (QED) is 0.237. The van der Waals surface area contributed by atoms with E-state index in [1.54, 1.807) is 24.2 Å². The number of halogens is 1. The monoisotopic (exact) mass is 479 g/mol. The van der Waals surface area contributed by atoms with Crippen molar-refractivity contribution in [2.45, 2.75) is 11.7 Å². The highest BCUT2D eigenvalue weighted by molar-refractivity contribution is 8.15. The summed E-state index contributed by atoms with van der Waals surface area (Å²) < 4.78 is 11.0. The second-order valence-electron chi connectivity index (χ2n) is 7.21. The molecule has 1 aliphatic heterocycles. The van der Waals surface area contributed by atoms with E-state index in [0.29, 0.717) is 34.7 Å². The molecule has 0 N–H and O–H groups in total. The molecule has 0 bridgehead atoms. The Kier molecular flexibility index (Phi) is 7.32. The first-order chi connectivity index (χ1) is 16.1. The van der Waals surface area contributed by atoms with Crippen LogP contribution in [0.5, 0.6) is 5.75 Å². The van der Waals surface area contributed by atoms with Gasteiger partial charge in [-0.2, -0.15) is 5.10 Å². The van der Waals surface area contributed by atoms with Crippen molar-refractivity contribution in [1.82, 2.24) is 4.90 Å². The number of methoxy groups -OCH3 is 1. The Hall–Kier alpha value is -3.29. The summed E-state index contributed by atoms with van der Waals surface area (Å²) in [6, 6.07) is 18.8. The van der Waals surface area contributed by atoms with Crippen LogP contribution in [-0.4, -0.2) is 41.1 Å². The normalized spacial score (nSPS) is 17.3. The van der Waals surface area contributed by atoms with Crippen molar-refractivity contribution < 1.29 is 13.9 Å². The van der Waals surface area contributed by atoms with E-state index in [0.717, 1.165) is 16.9 Å². The van der Waals surface area contributed by atoms with E-state index in [1.165, 1.54) is 18.0 Å². The van der Waals surface area contributed by atoms with Gasteiger partial charge in [0.25, 0.3) is 0 Å². The average molecular weight is 480 g/mol. The number of nitrogens with zero attached hydrogens (tertiary/aromatic N) is 3. The molecule has 2 aromatic carbocycles. The summed E-state index contributed by atoms with van der Waals surface area (Å²) in [4.78, 5) is 14.5. The summed E-state index contributed by atoms with van der Waals surface area (Å²) in [5.41, 5.74) is 1.85. The topological polar surface area (TPSA) is 67.4 Å². The minimum Gasteiger partial charge on any atom is -0.497 e. The molecule has 0 spiro atoms. The number of carbonyl (C=O) groups is 1. The van der Waals surface area contributed by atoms with Gasteiger partial charge in [0.1, 0.15) is 17.3 Å². The van der Waals surface area contributed by atoms with Gasteiger partial charge in [0.15, 0.2) is 5.17 Å². The minimum atomic E-state index is -0.275. The molecule has 1 atom stereocenters. The standard InChI is InChI=1S/C25H22ClN3O3S/c1-3-14-29-24(30)23(15-17-8-10-18(31-2)11-9-17)33-25(29)28-27-16-19-12-13-22(32-19)20-6-4-5-7-21(20)26/h3-13,16,23H,1,14-15H2,2H3/b27-16-,28-25-/t23-/m1/s1. The summed E-state index contributed by atoms with van der Waals surface area (Å²) in [5.74, 6) is 1.95.